The van der Waals surface area contributed by atoms with Crippen molar-refractivity contribution in [3.63, 3.8) is 0 Å². The molecule has 1 aromatic carbocycles. The van der Waals surface area contributed by atoms with Crippen LogP contribution in [-0.2, 0) is 11.2 Å². The van der Waals surface area contributed by atoms with E-state index in [2.05, 4.69) is 0 Å². The molecule has 0 saturated carbocycles. The smallest absolute Gasteiger partial charge is 0.306 e. The second-order valence-electron chi connectivity index (χ2n) is 3.53. The molecule has 5 heteroatoms. The van der Waals surface area contributed by atoms with Gasteiger partial charge in [-0.05, 0) is 31.0 Å². The van der Waals surface area contributed by atoms with E-state index in [1.54, 1.807) is 0 Å². The molecule has 0 aliphatic heterocycles. The van der Waals surface area contributed by atoms with Crippen molar-refractivity contribution in [3.8, 4) is 0 Å². The van der Waals surface area contributed by atoms with Crippen LogP contribution in [0.2, 0.25) is 0 Å². The Morgan fingerprint density at radius 2 is 2.12 bits per heavy atom. The van der Waals surface area contributed by atoms with Crippen LogP contribution in [0.25, 0.3) is 0 Å². The summed E-state index contributed by atoms with van der Waals surface area (Å²) in [6, 6.07) is 3.73. The van der Waals surface area contributed by atoms with Crippen molar-refractivity contribution in [2.75, 3.05) is 6.54 Å². The lowest BCUT2D eigenvalue weighted by atomic mass is 9.96. The van der Waals surface area contributed by atoms with Crippen molar-refractivity contribution in [1.29, 1.82) is 0 Å². The molecule has 0 heterocycles. The number of carboxylic acids is 1. The van der Waals surface area contributed by atoms with Gasteiger partial charge in [0.25, 0.3) is 0 Å². The molecule has 0 fully saturated rings. The molecule has 0 aromatic heterocycles. The molecule has 0 aliphatic carbocycles. The first kappa shape index (κ1) is 12.6. The van der Waals surface area contributed by atoms with E-state index in [0.717, 1.165) is 6.07 Å². The Balaban J connectivity index is 2.85. The predicted molar refractivity (Wildman–Crippen MR) is 54.9 cm³/mol. The summed E-state index contributed by atoms with van der Waals surface area (Å²) in [6.07, 6.45) is 0.196. The van der Waals surface area contributed by atoms with Crippen molar-refractivity contribution in [3.05, 3.63) is 35.4 Å². The van der Waals surface area contributed by atoms with Crippen LogP contribution in [0.1, 0.15) is 12.0 Å². The summed E-state index contributed by atoms with van der Waals surface area (Å²) in [7, 11) is 0. The number of rotatable bonds is 5. The van der Waals surface area contributed by atoms with E-state index >= 15 is 0 Å². The van der Waals surface area contributed by atoms with E-state index in [4.69, 9.17) is 10.8 Å². The first-order valence-corrected chi connectivity index (χ1v) is 4.92. The van der Waals surface area contributed by atoms with Gasteiger partial charge in [0.1, 0.15) is 0 Å². The number of halogens is 2. The third kappa shape index (κ3) is 3.00. The van der Waals surface area contributed by atoms with Crippen LogP contribution in [0.15, 0.2) is 18.2 Å². The van der Waals surface area contributed by atoms with Crippen molar-refractivity contribution in [2.24, 2.45) is 11.7 Å². The van der Waals surface area contributed by atoms with Gasteiger partial charge in [-0.1, -0.05) is 12.1 Å². The van der Waals surface area contributed by atoms with Gasteiger partial charge in [0, 0.05) is 0 Å². The molecule has 1 rings (SSSR count). The summed E-state index contributed by atoms with van der Waals surface area (Å²) in [5, 5.41) is 8.85. The van der Waals surface area contributed by atoms with Gasteiger partial charge in [-0.25, -0.2) is 8.78 Å². The molecule has 0 bridgehead atoms. The monoisotopic (exact) mass is 229 g/mol. The third-order valence-electron chi connectivity index (χ3n) is 2.36. The number of carbonyl (C=O) groups is 1. The summed E-state index contributed by atoms with van der Waals surface area (Å²) >= 11 is 0. The zero-order valence-corrected chi connectivity index (χ0v) is 8.62. The Morgan fingerprint density at radius 3 is 2.69 bits per heavy atom. The van der Waals surface area contributed by atoms with E-state index in [1.165, 1.54) is 12.1 Å². The maximum absolute atomic E-state index is 13.3. The maximum atomic E-state index is 13.3. The largest absolute Gasteiger partial charge is 0.481 e. The quantitative estimate of drug-likeness (QED) is 0.805. The minimum absolute atomic E-state index is 0.0455. The lowest BCUT2D eigenvalue weighted by molar-refractivity contribution is -0.141. The number of nitrogens with two attached hydrogens (primary N) is 1. The highest BCUT2D eigenvalue weighted by Crippen LogP contribution is 2.17. The molecule has 3 nitrogen and oxygen atoms in total. The first-order valence-electron chi connectivity index (χ1n) is 4.92. The number of aliphatic carboxylic acids is 1. The van der Waals surface area contributed by atoms with E-state index < -0.39 is 23.5 Å². The molecule has 88 valence electrons. The Morgan fingerprint density at radius 1 is 1.44 bits per heavy atom. The summed E-state index contributed by atoms with van der Waals surface area (Å²) in [5.74, 6) is -3.77. The SMILES string of the molecule is NCCC(Cc1cccc(F)c1F)C(=O)O. The topological polar surface area (TPSA) is 63.3 Å². The van der Waals surface area contributed by atoms with Gasteiger partial charge in [-0.2, -0.15) is 0 Å². The number of benzene rings is 1. The molecule has 1 aromatic rings. The van der Waals surface area contributed by atoms with Crippen molar-refractivity contribution >= 4 is 5.97 Å². The molecular formula is C11H13F2NO2. The Hall–Kier alpha value is -1.49. The zero-order chi connectivity index (χ0) is 12.1. The van der Waals surface area contributed by atoms with Gasteiger partial charge < -0.3 is 10.8 Å². The van der Waals surface area contributed by atoms with Crippen LogP contribution in [0.3, 0.4) is 0 Å². The van der Waals surface area contributed by atoms with E-state index in [9.17, 15) is 13.6 Å². The predicted octanol–water partition coefficient (Wildman–Crippen LogP) is 1.56. The van der Waals surface area contributed by atoms with Crippen LogP contribution in [0.5, 0.6) is 0 Å². The second-order valence-corrected chi connectivity index (χ2v) is 3.53. The van der Waals surface area contributed by atoms with Crippen molar-refractivity contribution in [2.45, 2.75) is 12.8 Å². The van der Waals surface area contributed by atoms with Crippen LogP contribution < -0.4 is 5.73 Å². The van der Waals surface area contributed by atoms with Gasteiger partial charge in [0.2, 0.25) is 0 Å². The Labute approximate surface area is 91.9 Å². The second kappa shape index (κ2) is 5.55. The third-order valence-corrected chi connectivity index (χ3v) is 2.36. The lowest BCUT2D eigenvalue weighted by Crippen LogP contribution is -2.20. The molecule has 0 saturated heterocycles. The molecule has 0 spiro atoms. The van der Waals surface area contributed by atoms with Gasteiger partial charge in [0.15, 0.2) is 11.6 Å². The Kier molecular flexibility index (Phi) is 4.37. The van der Waals surface area contributed by atoms with Crippen LogP contribution in [0.4, 0.5) is 8.78 Å². The van der Waals surface area contributed by atoms with Crippen molar-refractivity contribution < 1.29 is 18.7 Å². The number of hydrogen-bond acceptors (Lipinski definition) is 2. The van der Waals surface area contributed by atoms with E-state index in [0.29, 0.717) is 0 Å². The average molecular weight is 229 g/mol. The molecule has 1 atom stereocenters. The standard InChI is InChI=1S/C11H13F2NO2/c12-9-3-1-2-7(10(9)13)6-8(4-5-14)11(15)16/h1-3,8H,4-6,14H2,(H,15,16). The van der Waals surface area contributed by atoms with E-state index in [-0.39, 0.29) is 24.9 Å². The molecular weight excluding hydrogens is 216 g/mol. The average Bonchev–Trinajstić information content (AvgIpc) is 2.23. The minimum Gasteiger partial charge on any atom is -0.481 e. The number of carboxylic acid groups (broad SMARTS) is 1. The van der Waals surface area contributed by atoms with Gasteiger partial charge >= 0.3 is 5.97 Å². The highest BCUT2D eigenvalue weighted by Gasteiger charge is 2.19. The Bertz CT molecular complexity index is 382. The van der Waals surface area contributed by atoms with Crippen molar-refractivity contribution in [1.82, 2.24) is 0 Å². The molecule has 3 N–H and O–H groups in total. The van der Waals surface area contributed by atoms with Crippen LogP contribution in [0, 0.1) is 17.6 Å². The molecule has 1 unspecified atom stereocenters. The lowest BCUT2D eigenvalue weighted by Gasteiger charge is -2.11. The van der Waals surface area contributed by atoms with Gasteiger partial charge in [-0.3, -0.25) is 4.79 Å². The highest BCUT2D eigenvalue weighted by atomic mass is 19.2. The summed E-state index contributed by atoms with van der Waals surface area (Å²) < 4.78 is 26.1. The minimum atomic E-state index is -1.05. The fourth-order valence-electron chi connectivity index (χ4n) is 1.49. The summed E-state index contributed by atoms with van der Waals surface area (Å²) in [4.78, 5) is 10.8. The van der Waals surface area contributed by atoms with Gasteiger partial charge in [-0.15, -0.1) is 0 Å². The molecule has 0 amide bonds. The van der Waals surface area contributed by atoms with E-state index in [1.807, 2.05) is 0 Å². The van der Waals surface area contributed by atoms with Gasteiger partial charge in [0.05, 0.1) is 5.92 Å². The molecule has 0 radical (unpaired) electrons. The maximum Gasteiger partial charge on any atom is 0.306 e. The number of hydrogen-bond donors (Lipinski definition) is 2. The first-order chi connectivity index (χ1) is 7.56. The fourth-order valence-corrected chi connectivity index (χ4v) is 1.49. The normalized spacial score (nSPS) is 12.4. The van der Waals surface area contributed by atoms with Crippen LogP contribution >= 0.6 is 0 Å². The summed E-state index contributed by atoms with van der Waals surface area (Å²) in [6.45, 7) is 0.202. The zero-order valence-electron chi connectivity index (χ0n) is 8.62. The molecule has 0 aliphatic rings. The highest BCUT2D eigenvalue weighted by molar-refractivity contribution is 5.70. The van der Waals surface area contributed by atoms with Crippen LogP contribution in [-0.4, -0.2) is 17.6 Å². The summed E-state index contributed by atoms with van der Waals surface area (Å²) in [5.41, 5.74) is 5.33. The fraction of sp³-hybridized carbons (Fsp3) is 0.364. The molecule has 16 heavy (non-hydrogen) atoms.